The minimum Gasteiger partial charge on any atom is -0.447 e. The van der Waals surface area contributed by atoms with Gasteiger partial charge in [0.2, 0.25) is 5.88 Å². The zero-order valence-corrected chi connectivity index (χ0v) is 4.79. The third-order valence-electron chi connectivity index (χ3n) is 1.30. The molecule has 0 bridgehead atoms. The Hall–Kier alpha value is -1.25. The highest BCUT2D eigenvalue weighted by atomic mass is 16.5. The minimum atomic E-state index is 0.775. The molecule has 2 heterocycles. The van der Waals surface area contributed by atoms with Crippen LogP contribution in [0.5, 0.6) is 5.88 Å². The molecule has 1 aromatic rings. The Morgan fingerprint density at radius 2 is 2.67 bits per heavy atom. The van der Waals surface area contributed by atoms with E-state index in [1.807, 2.05) is 6.08 Å². The van der Waals surface area contributed by atoms with Gasteiger partial charge in [-0.15, -0.1) is 0 Å². The first kappa shape index (κ1) is 4.61. The summed E-state index contributed by atoms with van der Waals surface area (Å²) in [6, 6.07) is 0. The largest absolute Gasteiger partial charge is 0.447 e. The lowest BCUT2D eigenvalue weighted by atomic mass is 10.2. The number of nitrogens with one attached hydrogen (secondary N) is 1. The van der Waals surface area contributed by atoms with Gasteiger partial charge in [0.25, 0.3) is 0 Å². The molecule has 0 atom stereocenters. The molecule has 0 saturated heterocycles. The molecular weight excluding hydrogens is 116 g/mol. The molecular formula is C6H6N2O. The van der Waals surface area contributed by atoms with Crippen LogP contribution in [0.4, 0.5) is 0 Å². The van der Waals surface area contributed by atoms with Crippen molar-refractivity contribution >= 4 is 0 Å². The van der Waals surface area contributed by atoms with Gasteiger partial charge in [-0.05, 0) is 6.08 Å². The van der Waals surface area contributed by atoms with Gasteiger partial charge in [-0.3, -0.25) is 0 Å². The lowest BCUT2D eigenvalue weighted by Gasteiger charge is -2.02. The summed E-state index contributed by atoms with van der Waals surface area (Å²) in [6.45, 7) is 0. The van der Waals surface area contributed by atoms with Crippen molar-refractivity contribution in [2.45, 2.75) is 6.42 Å². The Kier molecular flexibility index (Phi) is 0.828. The fourth-order valence-electron chi connectivity index (χ4n) is 0.838. The van der Waals surface area contributed by atoms with Gasteiger partial charge in [0.1, 0.15) is 0 Å². The molecule has 3 heteroatoms. The number of ether oxygens (including phenoxy) is 1. The lowest BCUT2D eigenvalue weighted by Crippen LogP contribution is -1.92. The van der Waals surface area contributed by atoms with Crippen LogP contribution in [0.25, 0.3) is 0 Å². The summed E-state index contributed by atoms with van der Waals surface area (Å²) in [7, 11) is 0. The quantitative estimate of drug-likeness (QED) is 0.554. The summed E-state index contributed by atoms with van der Waals surface area (Å²) in [6.07, 6.45) is 6.32. The van der Waals surface area contributed by atoms with E-state index in [4.69, 9.17) is 4.74 Å². The van der Waals surface area contributed by atoms with E-state index in [-0.39, 0.29) is 0 Å². The van der Waals surface area contributed by atoms with E-state index < -0.39 is 0 Å². The second kappa shape index (κ2) is 1.62. The Morgan fingerprint density at radius 1 is 1.67 bits per heavy atom. The fraction of sp³-hybridized carbons (Fsp3) is 0.167. The smallest absolute Gasteiger partial charge is 0.217 e. The number of allylic oxidation sites excluding steroid dienone is 1. The molecule has 0 spiro atoms. The molecule has 2 rings (SSSR count). The molecule has 0 saturated carbocycles. The number of nitrogens with zero attached hydrogens (tertiary/aromatic N) is 1. The van der Waals surface area contributed by atoms with E-state index in [9.17, 15) is 0 Å². The van der Waals surface area contributed by atoms with Crippen molar-refractivity contribution in [3.05, 3.63) is 24.1 Å². The number of aromatic nitrogens is 2. The van der Waals surface area contributed by atoms with Crippen LogP contribution in [0.3, 0.4) is 0 Å². The fourth-order valence-corrected chi connectivity index (χ4v) is 0.838. The van der Waals surface area contributed by atoms with Crippen LogP contribution in [0.15, 0.2) is 18.5 Å². The van der Waals surface area contributed by atoms with E-state index in [2.05, 4.69) is 10.2 Å². The van der Waals surface area contributed by atoms with Crippen molar-refractivity contribution in [1.82, 2.24) is 10.2 Å². The van der Waals surface area contributed by atoms with Crippen molar-refractivity contribution in [3.8, 4) is 5.88 Å². The molecule has 0 amide bonds. The Labute approximate surface area is 52.3 Å². The third kappa shape index (κ3) is 0.614. The van der Waals surface area contributed by atoms with Gasteiger partial charge >= 0.3 is 0 Å². The highest BCUT2D eigenvalue weighted by molar-refractivity contribution is 5.27. The van der Waals surface area contributed by atoms with E-state index in [1.54, 1.807) is 12.5 Å². The maximum Gasteiger partial charge on any atom is 0.217 e. The number of fused-ring (bicyclic) bond motifs is 1. The standard InChI is InChI=1S/C6H6N2O/c1-2-5-4-7-8-6(5)9-3-1/h1,3-4H,2H2,(H,7,8). The van der Waals surface area contributed by atoms with Crippen LogP contribution >= 0.6 is 0 Å². The van der Waals surface area contributed by atoms with E-state index in [1.165, 1.54) is 0 Å². The number of aromatic amines is 1. The van der Waals surface area contributed by atoms with Gasteiger partial charge < -0.3 is 4.74 Å². The maximum absolute atomic E-state index is 5.06. The van der Waals surface area contributed by atoms with Crippen molar-refractivity contribution in [1.29, 1.82) is 0 Å². The third-order valence-corrected chi connectivity index (χ3v) is 1.30. The van der Waals surface area contributed by atoms with Gasteiger partial charge in [0, 0.05) is 12.0 Å². The molecule has 3 nitrogen and oxygen atoms in total. The van der Waals surface area contributed by atoms with Gasteiger partial charge in [-0.25, -0.2) is 5.10 Å². The molecule has 0 radical (unpaired) electrons. The number of hydrogen-bond acceptors (Lipinski definition) is 2. The van der Waals surface area contributed by atoms with Crippen molar-refractivity contribution in [3.63, 3.8) is 0 Å². The SMILES string of the molecule is C1=COc2[nH]ncc2C1. The Morgan fingerprint density at radius 3 is 3.56 bits per heavy atom. The Bertz CT molecular complexity index is 216. The molecule has 1 aliphatic heterocycles. The molecule has 1 N–H and O–H groups in total. The van der Waals surface area contributed by atoms with Gasteiger partial charge in [0.15, 0.2) is 0 Å². The topological polar surface area (TPSA) is 37.9 Å². The van der Waals surface area contributed by atoms with Crippen LogP contribution < -0.4 is 4.74 Å². The zero-order chi connectivity index (χ0) is 6.10. The summed E-state index contributed by atoms with van der Waals surface area (Å²) in [5.74, 6) is 0.775. The highest BCUT2D eigenvalue weighted by Gasteiger charge is 2.05. The predicted octanol–water partition coefficient (Wildman–Crippen LogP) is 0.858. The molecule has 0 aliphatic carbocycles. The van der Waals surface area contributed by atoms with Crippen molar-refractivity contribution < 1.29 is 4.74 Å². The van der Waals surface area contributed by atoms with Crippen molar-refractivity contribution in [2.24, 2.45) is 0 Å². The number of rotatable bonds is 0. The first-order valence-electron chi connectivity index (χ1n) is 2.81. The average molecular weight is 122 g/mol. The first-order valence-corrected chi connectivity index (χ1v) is 2.81. The summed E-state index contributed by atoms with van der Waals surface area (Å²) >= 11 is 0. The minimum absolute atomic E-state index is 0.775. The van der Waals surface area contributed by atoms with E-state index in [0.717, 1.165) is 17.9 Å². The van der Waals surface area contributed by atoms with Crippen LogP contribution in [-0.2, 0) is 6.42 Å². The maximum atomic E-state index is 5.06. The summed E-state index contributed by atoms with van der Waals surface area (Å²) < 4.78 is 5.06. The first-order chi connectivity index (χ1) is 4.47. The van der Waals surface area contributed by atoms with E-state index >= 15 is 0 Å². The van der Waals surface area contributed by atoms with Crippen LogP contribution in [0.1, 0.15) is 5.56 Å². The van der Waals surface area contributed by atoms with Gasteiger partial charge in [0.05, 0.1) is 12.5 Å². The van der Waals surface area contributed by atoms with Crippen molar-refractivity contribution in [2.75, 3.05) is 0 Å². The Balaban J connectivity index is 2.46. The summed E-state index contributed by atoms with van der Waals surface area (Å²) in [4.78, 5) is 0. The molecule has 0 unspecified atom stereocenters. The molecule has 46 valence electrons. The second-order valence-corrected chi connectivity index (χ2v) is 1.92. The van der Waals surface area contributed by atoms with Crippen LogP contribution in [0, 0.1) is 0 Å². The van der Waals surface area contributed by atoms with Crippen LogP contribution in [-0.4, -0.2) is 10.2 Å². The molecule has 1 aromatic heterocycles. The highest BCUT2D eigenvalue weighted by Crippen LogP contribution is 2.18. The van der Waals surface area contributed by atoms with Gasteiger partial charge in [-0.2, -0.15) is 5.10 Å². The molecule has 0 aromatic carbocycles. The summed E-state index contributed by atoms with van der Waals surface area (Å²) in [5.41, 5.74) is 1.12. The zero-order valence-electron chi connectivity index (χ0n) is 4.79. The molecule has 1 aliphatic rings. The molecule has 0 fully saturated rings. The van der Waals surface area contributed by atoms with E-state index in [0.29, 0.717) is 0 Å². The van der Waals surface area contributed by atoms with Gasteiger partial charge in [-0.1, -0.05) is 0 Å². The lowest BCUT2D eigenvalue weighted by molar-refractivity contribution is 0.445. The average Bonchev–Trinajstić information content (AvgIpc) is 2.33. The summed E-state index contributed by atoms with van der Waals surface area (Å²) in [5, 5.41) is 6.55. The van der Waals surface area contributed by atoms with Crippen LogP contribution in [0.2, 0.25) is 0 Å². The monoisotopic (exact) mass is 122 g/mol. The molecule has 9 heavy (non-hydrogen) atoms. The number of H-pyrrole nitrogens is 1. The predicted molar refractivity (Wildman–Crippen MR) is 32.1 cm³/mol. The number of hydrogen-bond donors (Lipinski definition) is 1. The second-order valence-electron chi connectivity index (χ2n) is 1.92. The normalized spacial score (nSPS) is 14.7.